The zero-order chi connectivity index (χ0) is 20.1. The van der Waals surface area contributed by atoms with Gasteiger partial charge in [-0.15, -0.1) is 0 Å². The molecule has 0 bridgehead atoms. The van der Waals surface area contributed by atoms with Crippen molar-refractivity contribution >= 4 is 29.3 Å². The Bertz CT molecular complexity index is 981. The lowest BCUT2D eigenvalue weighted by molar-refractivity contribution is -0.117. The summed E-state index contributed by atoms with van der Waals surface area (Å²) in [6, 6.07) is 12.7. The summed E-state index contributed by atoms with van der Waals surface area (Å²) >= 11 is 0. The highest BCUT2D eigenvalue weighted by Crippen LogP contribution is 2.32. The molecule has 0 aromatic heterocycles. The minimum atomic E-state index is -0.289. The van der Waals surface area contributed by atoms with Crippen LogP contribution in [0.2, 0.25) is 0 Å². The molecule has 2 aromatic rings. The number of hydrogen-bond acceptors (Lipinski definition) is 4. The van der Waals surface area contributed by atoms with E-state index in [4.69, 9.17) is 9.47 Å². The molecule has 0 fully saturated rings. The maximum atomic E-state index is 12.4. The fraction of sp³-hybridized carbons (Fsp3) is 0.217. The van der Waals surface area contributed by atoms with E-state index in [-0.39, 0.29) is 18.6 Å². The van der Waals surface area contributed by atoms with Crippen molar-refractivity contribution in [2.24, 2.45) is 5.92 Å². The topological polar surface area (TPSA) is 76.7 Å². The summed E-state index contributed by atoms with van der Waals surface area (Å²) < 4.78 is 10.6. The second-order valence-corrected chi connectivity index (χ2v) is 7.00. The second kappa shape index (κ2) is 8.65. The van der Waals surface area contributed by atoms with Gasteiger partial charge in [-0.25, -0.2) is 0 Å². The van der Waals surface area contributed by atoms with Crippen LogP contribution in [0.25, 0.3) is 6.08 Å². The first-order valence-corrected chi connectivity index (χ1v) is 9.61. The number of benzene rings is 2. The molecular formula is C23H22N2O4. The quantitative estimate of drug-likeness (QED) is 0.567. The molecule has 6 heteroatoms. The predicted octanol–water partition coefficient (Wildman–Crippen LogP) is 4.36. The van der Waals surface area contributed by atoms with Crippen LogP contribution in [-0.2, 0) is 9.59 Å². The zero-order valence-corrected chi connectivity index (χ0v) is 15.9. The fourth-order valence-electron chi connectivity index (χ4n) is 3.37. The molecule has 1 aliphatic carbocycles. The van der Waals surface area contributed by atoms with E-state index in [2.05, 4.69) is 22.8 Å². The molecule has 0 saturated heterocycles. The number of ether oxygens (including phenoxy) is 2. The molecule has 2 aromatic carbocycles. The van der Waals surface area contributed by atoms with Crippen LogP contribution in [0.3, 0.4) is 0 Å². The molecule has 1 unspecified atom stereocenters. The average Bonchev–Trinajstić information content (AvgIpc) is 3.39. The Morgan fingerprint density at radius 1 is 1.03 bits per heavy atom. The van der Waals surface area contributed by atoms with Gasteiger partial charge < -0.3 is 20.1 Å². The van der Waals surface area contributed by atoms with Gasteiger partial charge in [-0.05, 0) is 54.7 Å². The number of carbonyl (C=O) groups excluding carboxylic acids is 2. The Morgan fingerprint density at radius 2 is 1.83 bits per heavy atom. The Hall–Kier alpha value is -3.54. The maximum absolute atomic E-state index is 12.4. The van der Waals surface area contributed by atoms with Crippen molar-refractivity contribution in [3.63, 3.8) is 0 Å². The number of hydrogen-bond donors (Lipinski definition) is 2. The molecule has 4 rings (SSSR count). The van der Waals surface area contributed by atoms with Crippen LogP contribution in [-0.4, -0.2) is 18.6 Å². The van der Waals surface area contributed by atoms with Crippen LogP contribution in [0.4, 0.5) is 11.4 Å². The maximum Gasteiger partial charge on any atom is 0.248 e. The summed E-state index contributed by atoms with van der Waals surface area (Å²) in [7, 11) is 0. The summed E-state index contributed by atoms with van der Waals surface area (Å²) in [5.74, 6) is 1.31. The SMILES string of the molecule is O=C(C=Cc1ccc2c(c1)OCO2)Nc1ccccc1NC(=O)CC1C=CCC1. The summed E-state index contributed by atoms with van der Waals surface area (Å²) in [5.41, 5.74) is 1.98. The number of rotatable bonds is 6. The van der Waals surface area contributed by atoms with Crippen LogP contribution in [0.1, 0.15) is 24.8 Å². The summed E-state index contributed by atoms with van der Waals surface area (Å²) in [5, 5.41) is 5.72. The molecule has 2 N–H and O–H groups in total. The highest BCUT2D eigenvalue weighted by Gasteiger charge is 2.15. The fourth-order valence-corrected chi connectivity index (χ4v) is 3.37. The number of para-hydroxylation sites is 2. The molecule has 0 saturated carbocycles. The van der Waals surface area contributed by atoms with E-state index in [0.29, 0.717) is 35.2 Å². The highest BCUT2D eigenvalue weighted by molar-refractivity contribution is 6.05. The van der Waals surface area contributed by atoms with Gasteiger partial charge in [0.1, 0.15) is 0 Å². The number of anilines is 2. The third kappa shape index (κ3) is 4.85. The normalized spacial score (nSPS) is 16.9. The van der Waals surface area contributed by atoms with Gasteiger partial charge in [0.2, 0.25) is 18.6 Å². The molecule has 29 heavy (non-hydrogen) atoms. The second-order valence-electron chi connectivity index (χ2n) is 7.00. The van der Waals surface area contributed by atoms with Gasteiger partial charge in [-0.3, -0.25) is 9.59 Å². The molecule has 148 valence electrons. The Morgan fingerprint density at radius 3 is 2.62 bits per heavy atom. The highest BCUT2D eigenvalue weighted by atomic mass is 16.7. The first-order chi connectivity index (χ1) is 14.2. The smallest absolute Gasteiger partial charge is 0.248 e. The first-order valence-electron chi connectivity index (χ1n) is 9.61. The van der Waals surface area contributed by atoms with E-state index >= 15 is 0 Å². The van der Waals surface area contributed by atoms with Gasteiger partial charge in [0.25, 0.3) is 0 Å². The minimum Gasteiger partial charge on any atom is -0.454 e. The molecule has 0 radical (unpaired) electrons. The van der Waals surface area contributed by atoms with Crippen LogP contribution >= 0.6 is 0 Å². The zero-order valence-electron chi connectivity index (χ0n) is 15.9. The lowest BCUT2D eigenvalue weighted by Gasteiger charge is -2.13. The van der Waals surface area contributed by atoms with E-state index < -0.39 is 0 Å². The van der Waals surface area contributed by atoms with Gasteiger partial charge in [0, 0.05) is 12.5 Å². The standard InChI is InChI=1S/C23H22N2O4/c26-22(12-10-17-9-11-20-21(13-17)29-15-28-20)24-18-7-3-4-8-19(18)25-23(27)14-16-5-1-2-6-16/h1,3-5,7-13,16H,2,6,14-15H2,(H,24,26)(H,25,27). The van der Waals surface area contributed by atoms with Gasteiger partial charge in [0.05, 0.1) is 11.4 Å². The molecule has 2 amide bonds. The van der Waals surface area contributed by atoms with E-state index in [1.54, 1.807) is 18.2 Å². The Kier molecular flexibility index (Phi) is 5.61. The predicted molar refractivity (Wildman–Crippen MR) is 112 cm³/mol. The van der Waals surface area contributed by atoms with Crippen molar-refractivity contribution in [3.8, 4) is 11.5 Å². The number of carbonyl (C=O) groups is 2. The van der Waals surface area contributed by atoms with Crippen LogP contribution < -0.4 is 20.1 Å². The number of fused-ring (bicyclic) bond motifs is 1. The van der Waals surface area contributed by atoms with Gasteiger partial charge in [-0.2, -0.15) is 0 Å². The molecular weight excluding hydrogens is 368 g/mol. The summed E-state index contributed by atoms with van der Waals surface area (Å²) in [4.78, 5) is 24.7. The van der Waals surface area contributed by atoms with Crippen LogP contribution in [0.5, 0.6) is 11.5 Å². The lowest BCUT2D eigenvalue weighted by atomic mass is 10.0. The Labute approximate surface area is 169 Å². The third-order valence-corrected chi connectivity index (χ3v) is 4.84. The molecule has 1 atom stereocenters. The monoisotopic (exact) mass is 390 g/mol. The molecule has 2 aliphatic rings. The average molecular weight is 390 g/mol. The number of allylic oxidation sites excluding steroid dienone is 2. The van der Waals surface area contributed by atoms with Gasteiger partial charge >= 0.3 is 0 Å². The summed E-state index contributed by atoms with van der Waals surface area (Å²) in [6.07, 6.45) is 9.83. The number of amides is 2. The molecule has 1 aliphatic heterocycles. The molecule has 0 spiro atoms. The van der Waals surface area contributed by atoms with Crippen molar-refractivity contribution < 1.29 is 19.1 Å². The van der Waals surface area contributed by atoms with Gasteiger partial charge in [0.15, 0.2) is 11.5 Å². The van der Waals surface area contributed by atoms with Gasteiger partial charge in [-0.1, -0.05) is 30.4 Å². The van der Waals surface area contributed by atoms with Crippen molar-refractivity contribution in [2.75, 3.05) is 17.4 Å². The van der Waals surface area contributed by atoms with Crippen molar-refractivity contribution in [1.82, 2.24) is 0 Å². The molecule has 1 heterocycles. The van der Waals surface area contributed by atoms with E-state index in [1.165, 1.54) is 6.08 Å². The third-order valence-electron chi connectivity index (χ3n) is 4.84. The van der Waals surface area contributed by atoms with Crippen molar-refractivity contribution in [3.05, 3.63) is 66.3 Å². The van der Waals surface area contributed by atoms with Crippen LogP contribution in [0, 0.1) is 5.92 Å². The Balaban J connectivity index is 1.38. The number of nitrogens with one attached hydrogen (secondary N) is 2. The lowest BCUT2D eigenvalue weighted by Crippen LogP contribution is -2.17. The van der Waals surface area contributed by atoms with Crippen molar-refractivity contribution in [2.45, 2.75) is 19.3 Å². The summed E-state index contributed by atoms with van der Waals surface area (Å²) in [6.45, 7) is 0.211. The van der Waals surface area contributed by atoms with E-state index in [0.717, 1.165) is 18.4 Å². The van der Waals surface area contributed by atoms with E-state index in [9.17, 15) is 9.59 Å². The van der Waals surface area contributed by atoms with Crippen molar-refractivity contribution in [1.29, 1.82) is 0 Å². The first kappa shape index (κ1) is 18.8. The van der Waals surface area contributed by atoms with Crippen LogP contribution in [0.15, 0.2) is 60.7 Å². The minimum absolute atomic E-state index is 0.0563. The molecule has 6 nitrogen and oxygen atoms in total. The largest absolute Gasteiger partial charge is 0.454 e. The van der Waals surface area contributed by atoms with E-state index in [1.807, 2.05) is 30.3 Å².